The van der Waals surface area contributed by atoms with Crippen LogP contribution >= 0.6 is 0 Å². The smallest absolute Gasteiger partial charge is 0.0991 e. The maximum atomic E-state index is 8.72. The molecule has 0 N–H and O–H groups in total. The van der Waals surface area contributed by atoms with Gasteiger partial charge in [0.15, 0.2) is 0 Å². The minimum atomic E-state index is 0.698. The molecule has 0 atom stereocenters. The Kier molecular flexibility index (Phi) is 5.81. The minimum Gasteiger partial charge on any atom is -0.270 e. The van der Waals surface area contributed by atoms with Gasteiger partial charge >= 0.3 is 0 Å². The zero-order valence-corrected chi connectivity index (χ0v) is 12.1. The van der Waals surface area contributed by atoms with Crippen molar-refractivity contribution in [3.63, 3.8) is 0 Å². The Balaban J connectivity index is 0.000000861. The Morgan fingerprint density at radius 3 is 2.32 bits per heavy atom. The van der Waals surface area contributed by atoms with Crippen LogP contribution in [0.5, 0.6) is 0 Å². The van der Waals surface area contributed by atoms with Gasteiger partial charge in [-0.2, -0.15) is 10.4 Å². The summed E-state index contributed by atoms with van der Waals surface area (Å²) in [6, 6.07) is 11.9. The monoisotopic (exact) mass is 255 g/mol. The molecule has 19 heavy (non-hydrogen) atoms. The van der Waals surface area contributed by atoms with Gasteiger partial charge in [-0.1, -0.05) is 26.0 Å². The number of hydrogen-bond acceptors (Lipinski definition) is 2. The molecule has 0 fully saturated rings. The van der Waals surface area contributed by atoms with Gasteiger partial charge in [-0.15, -0.1) is 0 Å². The van der Waals surface area contributed by atoms with Crippen LogP contribution in [0.1, 0.15) is 43.3 Å². The number of aromatic nitrogens is 2. The van der Waals surface area contributed by atoms with Gasteiger partial charge in [-0.25, -0.2) is 0 Å². The van der Waals surface area contributed by atoms with Gasteiger partial charge in [-0.3, -0.25) is 4.68 Å². The lowest BCUT2D eigenvalue weighted by atomic mass is 10.1. The average molecular weight is 255 g/mol. The van der Waals surface area contributed by atoms with E-state index in [1.807, 2.05) is 42.8 Å². The second-order valence-corrected chi connectivity index (χ2v) is 4.08. The van der Waals surface area contributed by atoms with Gasteiger partial charge in [0, 0.05) is 18.7 Å². The molecule has 3 nitrogen and oxygen atoms in total. The lowest BCUT2D eigenvalue weighted by molar-refractivity contribution is 0.631. The normalized spacial score (nSPS) is 9.42. The van der Waals surface area contributed by atoms with E-state index < -0.39 is 0 Å². The summed E-state index contributed by atoms with van der Waals surface area (Å²) in [4.78, 5) is 0. The molecule has 0 bridgehead atoms. The summed E-state index contributed by atoms with van der Waals surface area (Å²) in [6.07, 6.45) is 0.819. The molecule has 0 saturated heterocycles. The van der Waals surface area contributed by atoms with Crippen LogP contribution in [0, 0.1) is 18.3 Å². The molecular weight excluding hydrogens is 234 g/mol. The molecular formula is C16H21N3. The van der Waals surface area contributed by atoms with Crippen molar-refractivity contribution in [1.29, 1.82) is 5.26 Å². The van der Waals surface area contributed by atoms with Crippen LogP contribution in [-0.4, -0.2) is 9.78 Å². The highest BCUT2D eigenvalue weighted by atomic mass is 15.3. The Labute approximate surface area is 115 Å². The third-order valence-electron chi connectivity index (χ3n) is 2.80. The van der Waals surface area contributed by atoms with Crippen molar-refractivity contribution in [1.82, 2.24) is 9.78 Å². The molecule has 1 aromatic heterocycles. The molecule has 2 aromatic rings. The SMILES string of the molecule is CC.CCn1nc(Cc2ccc(C#N)cc2)cc1C. The number of rotatable bonds is 3. The van der Waals surface area contributed by atoms with E-state index in [9.17, 15) is 0 Å². The summed E-state index contributed by atoms with van der Waals surface area (Å²) >= 11 is 0. The fourth-order valence-electron chi connectivity index (χ4n) is 1.89. The Morgan fingerprint density at radius 1 is 1.21 bits per heavy atom. The van der Waals surface area contributed by atoms with Gasteiger partial charge in [0.05, 0.1) is 17.3 Å². The van der Waals surface area contributed by atoms with E-state index in [0.717, 1.165) is 18.7 Å². The molecule has 0 unspecified atom stereocenters. The van der Waals surface area contributed by atoms with Crippen LogP contribution in [0.25, 0.3) is 0 Å². The van der Waals surface area contributed by atoms with Crippen molar-refractivity contribution in [2.75, 3.05) is 0 Å². The highest BCUT2D eigenvalue weighted by molar-refractivity contribution is 5.33. The van der Waals surface area contributed by atoms with Crippen LogP contribution in [0.3, 0.4) is 0 Å². The number of hydrogen-bond donors (Lipinski definition) is 0. The highest BCUT2D eigenvalue weighted by Crippen LogP contribution is 2.11. The molecule has 0 amide bonds. The zero-order chi connectivity index (χ0) is 14.3. The first-order valence-corrected chi connectivity index (χ1v) is 6.75. The summed E-state index contributed by atoms with van der Waals surface area (Å²) in [5.74, 6) is 0. The number of benzene rings is 1. The maximum Gasteiger partial charge on any atom is 0.0991 e. The molecule has 0 aliphatic carbocycles. The van der Waals surface area contributed by atoms with Gasteiger partial charge in [0.2, 0.25) is 0 Å². The van der Waals surface area contributed by atoms with E-state index in [2.05, 4.69) is 31.1 Å². The minimum absolute atomic E-state index is 0.698. The summed E-state index contributed by atoms with van der Waals surface area (Å²) in [5.41, 5.74) is 4.15. The first kappa shape index (κ1) is 15.0. The first-order valence-electron chi connectivity index (χ1n) is 6.75. The second-order valence-electron chi connectivity index (χ2n) is 4.08. The van der Waals surface area contributed by atoms with Crippen LogP contribution in [0.4, 0.5) is 0 Å². The van der Waals surface area contributed by atoms with Crippen molar-refractivity contribution in [2.24, 2.45) is 0 Å². The van der Waals surface area contributed by atoms with Gasteiger partial charge in [0.25, 0.3) is 0 Å². The predicted molar refractivity (Wildman–Crippen MR) is 77.9 cm³/mol. The summed E-state index contributed by atoms with van der Waals surface area (Å²) in [7, 11) is 0. The van der Waals surface area contributed by atoms with Crippen molar-refractivity contribution in [3.8, 4) is 6.07 Å². The highest BCUT2D eigenvalue weighted by Gasteiger charge is 2.03. The van der Waals surface area contributed by atoms with Gasteiger partial charge in [0.1, 0.15) is 0 Å². The van der Waals surface area contributed by atoms with Gasteiger partial charge < -0.3 is 0 Å². The molecule has 0 aliphatic rings. The second kappa shape index (κ2) is 7.38. The van der Waals surface area contributed by atoms with Crippen LogP contribution in [0.15, 0.2) is 30.3 Å². The predicted octanol–water partition coefficient (Wildman–Crippen LogP) is 3.70. The quantitative estimate of drug-likeness (QED) is 0.839. The lowest BCUT2D eigenvalue weighted by Crippen LogP contribution is -1.99. The van der Waals surface area contributed by atoms with Crippen molar-refractivity contribution in [2.45, 2.75) is 40.7 Å². The lowest BCUT2D eigenvalue weighted by Gasteiger charge is -1.98. The Hall–Kier alpha value is -2.08. The molecule has 3 heteroatoms. The molecule has 1 aromatic carbocycles. The van der Waals surface area contributed by atoms with Crippen molar-refractivity contribution < 1.29 is 0 Å². The molecule has 0 saturated carbocycles. The molecule has 0 aliphatic heterocycles. The Bertz CT molecular complexity index is 544. The van der Waals surface area contributed by atoms with E-state index >= 15 is 0 Å². The first-order chi connectivity index (χ1) is 9.22. The standard InChI is InChI=1S/C14H15N3.C2H6/c1-3-17-11(2)8-14(16-17)9-12-4-6-13(10-15)7-5-12;1-2/h4-8H,3,9H2,1-2H3;1-2H3. The maximum absolute atomic E-state index is 8.72. The number of nitriles is 1. The summed E-state index contributed by atoms with van der Waals surface area (Å²) in [6.45, 7) is 9.06. The zero-order valence-electron chi connectivity index (χ0n) is 12.1. The van der Waals surface area contributed by atoms with Crippen LogP contribution in [-0.2, 0) is 13.0 Å². The molecule has 2 rings (SSSR count). The molecule has 0 radical (unpaired) electrons. The van der Waals surface area contributed by atoms with E-state index in [-0.39, 0.29) is 0 Å². The Morgan fingerprint density at radius 2 is 1.84 bits per heavy atom. The van der Waals surface area contributed by atoms with Crippen molar-refractivity contribution in [3.05, 3.63) is 52.8 Å². The largest absolute Gasteiger partial charge is 0.270 e. The molecule has 0 spiro atoms. The third-order valence-corrected chi connectivity index (χ3v) is 2.80. The van der Waals surface area contributed by atoms with Crippen LogP contribution in [0.2, 0.25) is 0 Å². The average Bonchev–Trinajstić information content (AvgIpc) is 2.82. The number of aryl methyl sites for hydroxylation is 2. The molecule has 100 valence electrons. The summed E-state index contributed by atoms with van der Waals surface area (Å²) < 4.78 is 2.00. The van der Waals surface area contributed by atoms with E-state index in [1.54, 1.807) is 0 Å². The van der Waals surface area contributed by atoms with E-state index in [4.69, 9.17) is 5.26 Å². The summed E-state index contributed by atoms with van der Waals surface area (Å²) in [5, 5.41) is 13.2. The fraction of sp³-hybridized carbons (Fsp3) is 0.375. The van der Waals surface area contributed by atoms with Gasteiger partial charge in [-0.05, 0) is 37.6 Å². The number of nitrogens with zero attached hydrogens (tertiary/aromatic N) is 3. The van der Waals surface area contributed by atoms with E-state index in [1.165, 1.54) is 11.3 Å². The molecule has 1 heterocycles. The third kappa shape index (κ3) is 3.96. The van der Waals surface area contributed by atoms with Crippen molar-refractivity contribution >= 4 is 0 Å². The fourth-order valence-corrected chi connectivity index (χ4v) is 1.89. The van der Waals surface area contributed by atoms with E-state index in [0.29, 0.717) is 5.56 Å². The van der Waals surface area contributed by atoms with Crippen LogP contribution < -0.4 is 0 Å². The topological polar surface area (TPSA) is 41.6 Å².